The highest BCUT2D eigenvalue weighted by Crippen LogP contribution is 2.44. The molecule has 0 fully saturated rings. The van der Waals surface area contributed by atoms with Gasteiger partial charge >= 0.3 is 18.2 Å². The number of fused-ring (bicyclic) bond motifs is 3. The second kappa shape index (κ2) is 10.6. The summed E-state index contributed by atoms with van der Waals surface area (Å²) in [6.45, 7) is 1.53. The van der Waals surface area contributed by atoms with Gasteiger partial charge in [-0.15, -0.1) is 0 Å². The molecule has 2 amide bonds. The molecule has 2 aromatic carbocycles. The fraction of sp³-hybridized carbons (Fsp3) is 0.375. The van der Waals surface area contributed by atoms with Gasteiger partial charge in [-0.2, -0.15) is 13.2 Å². The minimum Gasteiger partial charge on any atom is -0.480 e. The van der Waals surface area contributed by atoms with Gasteiger partial charge in [-0.25, -0.2) is 9.59 Å². The van der Waals surface area contributed by atoms with E-state index in [1.165, 1.54) is 0 Å². The molecule has 0 spiro atoms. The molecular weight excluding hydrogens is 453 g/mol. The zero-order valence-corrected chi connectivity index (χ0v) is 18.4. The lowest BCUT2D eigenvalue weighted by Crippen LogP contribution is -2.53. The molecule has 10 heteroatoms. The summed E-state index contributed by atoms with van der Waals surface area (Å²) < 4.78 is 44.3. The van der Waals surface area contributed by atoms with Gasteiger partial charge in [-0.05, 0) is 28.7 Å². The number of nitrogens with one attached hydrogen (secondary N) is 2. The molecule has 34 heavy (non-hydrogen) atoms. The largest absolute Gasteiger partial charge is 0.480 e. The highest BCUT2D eigenvalue weighted by Gasteiger charge is 2.38. The van der Waals surface area contributed by atoms with Crippen molar-refractivity contribution in [1.82, 2.24) is 10.6 Å². The molecule has 1 aliphatic rings. The summed E-state index contributed by atoms with van der Waals surface area (Å²) in [4.78, 5) is 36.0. The normalized spacial score (nSPS) is 14.5. The van der Waals surface area contributed by atoms with Crippen LogP contribution >= 0.6 is 0 Å². The minimum atomic E-state index is -4.78. The second-order valence-electron chi connectivity index (χ2n) is 8.03. The third-order valence-corrected chi connectivity index (χ3v) is 5.58. The van der Waals surface area contributed by atoms with Gasteiger partial charge in [0.05, 0.1) is 6.42 Å². The first kappa shape index (κ1) is 25.1. The van der Waals surface area contributed by atoms with Crippen molar-refractivity contribution in [3.63, 3.8) is 0 Å². The molecule has 3 N–H and O–H groups in total. The molecule has 0 aromatic heterocycles. The molecule has 2 atom stereocenters. The Hall–Kier alpha value is -3.56. The van der Waals surface area contributed by atoms with Crippen LogP contribution in [0.5, 0.6) is 0 Å². The Balaban J connectivity index is 1.69. The number of carbonyl (C=O) groups is 3. The minimum absolute atomic E-state index is 0.0325. The van der Waals surface area contributed by atoms with E-state index in [-0.39, 0.29) is 18.9 Å². The molecule has 0 saturated carbocycles. The van der Waals surface area contributed by atoms with E-state index in [1.807, 2.05) is 53.8 Å². The van der Waals surface area contributed by atoms with Crippen molar-refractivity contribution < 1.29 is 37.4 Å². The number of ether oxygens (including phenoxy) is 1. The molecule has 0 bridgehead atoms. The fourth-order valence-electron chi connectivity index (χ4n) is 4.04. The van der Waals surface area contributed by atoms with E-state index in [9.17, 15) is 27.6 Å². The SMILES string of the molecule is CCCC(NC(=O)C(CC(F)(F)F)NC(=O)OCC1c2ccccc2-c2ccccc21)C(=O)O. The van der Waals surface area contributed by atoms with Crippen LogP contribution in [0.2, 0.25) is 0 Å². The molecule has 7 nitrogen and oxygen atoms in total. The average molecular weight is 478 g/mol. The first-order chi connectivity index (χ1) is 16.1. The third kappa shape index (κ3) is 6.06. The molecular formula is C24H25F3N2O5. The summed E-state index contributed by atoms with van der Waals surface area (Å²) in [6, 6.07) is 11.7. The maximum absolute atomic E-state index is 13.0. The smallest absolute Gasteiger partial charge is 0.407 e. The number of alkyl carbamates (subject to hydrolysis) is 1. The van der Waals surface area contributed by atoms with Gasteiger partial charge in [0, 0.05) is 5.92 Å². The molecule has 2 aromatic rings. The van der Waals surface area contributed by atoms with E-state index in [1.54, 1.807) is 6.92 Å². The van der Waals surface area contributed by atoms with Gasteiger partial charge in [-0.3, -0.25) is 4.79 Å². The van der Waals surface area contributed by atoms with Crippen LogP contribution in [0.4, 0.5) is 18.0 Å². The molecule has 0 heterocycles. The van der Waals surface area contributed by atoms with Crippen molar-refractivity contribution >= 4 is 18.0 Å². The van der Waals surface area contributed by atoms with Gasteiger partial charge < -0.3 is 20.5 Å². The molecule has 0 aliphatic heterocycles. The topological polar surface area (TPSA) is 105 Å². The van der Waals surface area contributed by atoms with E-state index in [4.69, 9.17) is 9.84 Å². The van der Waals surface area contributed by atoms with E-state index in [0.29, 0.717) is 6.42 Å². The monoisotopic (exact) mass is 478 g/mol. The molecule has 2 unspecified atom stereocenters. The van der Waals surface area contributed by atoms with Crippen LogP contribution in [0.3, 0.4) is 0 Å². The molecule has 0 saturated heterocycles. The number of carboxylic acid groups (broad SMARTS) is 1. The van der Waals surface area contributed by atoms with E-state index in [2.05, 4.69) is 5.32 Å². The van der Waals surface area contributed by atoms with Crippen LogP contribution in [0, 0.1) is 0 Å². The van der Waals surface area contributed by atoms with Crippen molar-refractivity contribution in [3.05, 3.63) is 59.7 Å². The Morgan fingerprint density at radius 2 is 1.53 bits per heavy atom. The number of amides is 2. The van der Waals surface area contributed by atoms with Crippen LogP contribution in [-0.2, 0) is 14.3 Å². The summed E-state index contributed by atoms with van der Waals surface area (Å²) in [6.07, 6.45) is -7.22. The van der Waals surface area contributed by atoms with Crippen LogP contribution in [0.25, 0.3) is 11.1 Å². The van der Waals surface area contributed by atoms with Crippen LogP contribution in [-0.4, -0.2) is 47.9 Å². The van der Waals surface area contributed by atoms with E-state index in [0.717, 1.165) is 22.3 Å². The summed E-state index contributed by atoms with van der Waals surface area (Å²) in [5.41, 5.74) is 3.81. The average Bonchev–Trinajstić information content (AvgIpc) is 3.09. The first-order valence-electron chi connectivity index (χ1n) is 10.8. The van der Waals surface area contributed by atoms with Gasteiger partial charge in [-0.1, -0.05) is 61.9 Å². The Morgan fingerprint density at radius 1 is 0.971 bits per heavy atom. The maximum atomic E-state index is 13.0. The van der Waals surface area contributed by atoms with Crippen molar-refractivity contribution in [2.24, 2.45) is 0 Å². The quantitative estimate of drug-likeness (QED) is 0.501. The molecule has 3 rings (SSSR count). The Kier molecular flexibility index (Phi) is 7.80. The summed E-state index contributed by atoms with van der Waals surface area (Å²) in [5.74, 6) is -2.93. The Morgan fingerprint density at radius 3 is 2.03 bits per heavy atom. The lowest BCUT2D eigenvalue weighted by atomic mass is 9.98. The van der Waals surface area contributed by atoms with Crippen molar-refractivity contribution in [1.29, 1.82) is 0 Å². The van der Waals surface area contributed by atoms with Crippen LogP contribution < -0.4 is 10.6 Å². The zero-order chi connectivity index (χ0) is 24.9. The van der Waals surface area contributed by atoms with Gasteiger partial charge in [0.15, 0.2) is 0 Å². The van der Waals surface area contributed by atoms with E-state index < -0.39 is 42.7 Å². The second-order valence-corrected chi connectivity index (χ2v) is 8.03. The maximum Gasteiger partial charge on any atom is 0.407 e. The standard InChI is InChI=1S/C24H25F3N2O5/c1-2-7-19(22(31)32)28-21(30)20(12-24(25,26)27)29-23(33)34-13-18-16-10-5-3-8-14(16)15-9-4-6-11-17(15)18/h3-6,8-11,18-20H,2,7,12-13H2,1H3,(H,28,30)(H,29,33)(H,31,32). The number of benzene rings is 2. The van der Waals surface area contributed by atoms with Gasteiger partial charge in [0.1, 0.15) is 18.7 Å². The Labute approximate surface area is 194 Å². The van der Waals surface area contributed by atoms with E-state index >= 15 is 0 Å². The number of carbonyl (C=O) groups excluding carboxylic acids is 2. The number of hydrogen-bond donors (Lipinski definition) is 3. The predicted octanol–water partition coefficient (Wildman–Crippen LogP) is 4.22. The fourth-order valence-corrected chi connectivity index (χ4v) is 4.04. The number of aliphatic carboxylic acids is 1. The third-order valence-electron chi connectivity index (χ3n) is 5.58. The van der Waals surface area contributed by atoms with Gasteiger partial charge in [0.25, 0.3) is 0 Å². The highest BCUT2D eigenvalue weighted by atomic mass is 19.4. The number of rotatable bonds is 9. The summed E-state index contributed by atoms with van der Waals surface area (Å²) in [7, 11) is 0. The lowest BCUT2D eigenvalue weighted by Gasteiger charge is -2.22. The molecule has 1 aliphatic carbocycles. The zero-order valence-electron chi connectivity index (χ0n) is 18.4. The highest BCUT2D eigenvalue weighted by molar-refractivity contribution is 5.89. The number of halogens is 3. The lowest BCUT2D eigenvalue weighted by molar-refractivity contribution is -0.150. The van der Waals surface area contributed by atoms with Crippen molar-refractivity contribution in [2.45, 2.75) is 50.4 Å². The first-order valence-corrected chi connectivity index (χ1v) is 10.8. The Bertz CT molecular complexity index is 1010. The van der Waals surface area contributed by atoms with Gasteiger partial charge in [0.2, 0.25) is 5.91 Å². The number of carboxylic acids is 1. The number of hydrogen-bond acceptors (Lipinski definition) is 4. The van der Waals surface area contributed by atoms with Crippen molar-refractivity contribution in [2.75, 3.05) is 6.61 Å². The van der Waals surface area contributed by atoms with Crippen LogP contribution in [0.15, 0.2) is 48.5 Å². The number of alkyl halides is 3. The summed E-state index contributed by atoms with van der Waals surface area (Å²) in [5, 5.41) is 13.2. The predicted molar refractivity (Wildman–Crippen MR) is 117 cm³/mol. The molecule has 182 valence electrons. The van der Waals surface area contributed by atoms with Crippen molar-refractivity contribution in [3.8, 4) is 11.1 Å². The molecule has 0 radical (unpaired) electrons. The van der Waals surface area contributed by atoms with Crippen LogP contribution in [0.1, 0.15) is 43.2 Å². The summed E-state index contributed by atoms with van der Waals surface area (Å²) >= 11 is 0.